The van der Waals surface area contributed by atoms with Crippen molar-refractivity contribution in [2.45, 2.75) is 33.1 Å². The summed E-state index contributed by atoms with van der Waals surface area (Å²) in [7, 11) is 0. The fraction of sp³-hybridized carbons (Fsp3) is 0.800. The fourth-order valence-electron chi connectivity index (χ4n) is 1.47. The lowest BCUT2D eigenvalue weighted by atomic mass is 10.1. The van der Waals surface area contributed by atoms with Gasteiger partial charge in [-0.15, -0.1) is 0 Å². The average molecular weight is 212 g/mol. The second-order valence-corrected chi connectivity index (χ2v) is 3.45. The van der Waals surface area contributed by atoms with Crippen LogP contribution in [0.25, 0.3) is 0 Å². The highest BCUT2D eigenvalue weighted by molar-refractivity contribution is 5.27. The zero-order valence-electron chi connectivity index (χ0n) is 9.73. The normalized spacial score (nSPS) is 12.8. The SMILES string of the molecule is CCC(CN)c1nc(N(CC)CC)no1. The summed E-state index contributed by atoms with van der Waals surface area (Å²) >= 11 is 0. The Morgan fingerprint density at radius 1 is 1.33 bits per heavy atom. The van der Waals surface area contributed by atoms with E-state index >= 15 is 0 Å². The summed E-state index contributed by atoms with van der Waals surface area (Å²) in [6.07, 6.45) is 0.927. The predicted octanol–water partition coefficient (Wildman–Crippen LogP) is 1.37. The number of hydrogen-bond donors (Lipinski definition) is 1. The van der Waals surface area contributed by atoms with E-state index in [2.05, 4.69) is 35.8 Å². The molecule has 0 saturated heterocycles. The minimum atomic E-state index is 0.182. The molecule has 1 unspecified atom stereocenters. The number of hydrogen-bond acceptors (Lipinski definition) is 5. The molecule has 0 aliphatic carbocycles. The van der Waals surface area contributed by atoms with Crippen molar-refractivity contribution >= 4 is 5.95 Å². The van der Waals surface area contributed by atoms with Gasteiger partial charge in [-0.25, -0.2) is 0 Å². The second-order valence-electron chi connectivity index (χ2n) is 3.45. The van der Waals surface area contributed by atoms with Gasteiger partial charge in [0.25, 0.3) is 5.95 Å². The molecule has 0 fully saturated rings. The molecule has 86 valence electrons. The summed E-state index contributed by atoms with van der Waals surface area (Å²) in [5.41, 5.74) is 5.62. The predicted molar refractivity (Wildman–Crippen MR) is 59.9 cm³/mol. The van der Waals surface area contributed by atoms with E-state index < -0.39 is 0 Å². The molecule has 1 aromatic heterocycles. The van der Waals surface area contributed by atoms with E-state index in [1.807, 2.05) is 0 Å². The zero-order chi connectivity index (χ0) is 11.3. The van der Waals surface area contributed by atoms with Crippen LogP contribution in [0, 0.1) is 0 Å². The van der Waals surface area contributed by atoms with Crippen LogP contribution < -0.4 is 10.6 Å². The molecule has 1 rings (SSSR count). The molecule has 0 aliphatic rings. The van der Waals surface area contributed by atoms with Crippen LogP contribution in [0.4, 0.5) is 5.95 Å². The Balaban J connectivity index is 2.78. The van der Waals surface area contributed by atoms with Crippen molar-refractivity contribution in [1.82, 2.24) is 10.1 Å². The molecule has 1 aromatic rings. The number of aromatic nitrogens is 2. The Morgan fingerprint density at radius 2 is 2.00 bits per heavy atom. The van der Waals surface area contributed by atoms with E-state index in [4.69, 9.17) is 10.3 Å². The third-order valence-electron chi connectivity index (χ3n) is 2.60. The Bertz CT molecular complexity index is 252. The van der Waals surface area contributed by atoms with Crippen LogP contribution in [-0.4, -0.2) is 29.8 Å². The molecule has 5 heteroatoms. The van der Waals surface area contributed by atoms with Gasteiger partial charge in [0.2, 0.25) is 5.89 Å². The van der Waals surface area contributed by atoms with Crippen molar-refractivity contribution in [2.75, 3.05) is 24.5 Å². The van der Waals surface area contributed by atoms with Gasteiger partial charge in [0.15, 0.2) is 0 Å². The van der Waals surface area contributed by atoms with E-state index in [0.29, 0.717) is 18.4 Å². The Labute approximate surface area is 90.6 Å². The van der Waals surface area contributed by atoms with Crippen LogP contribution >= 0.6 is 0 Å². The molecule has 0 bridgehead atoms. The van der Waals surface area contributed by atoms with E-state index in [1.165, 1.54) is 0 Å². The smallest absolute Gasteiger partial charge is 0.266 e. The van der Waals surface area contributed by atoms with Gasteiger partial charge in [0.05, 0.1) is 5.92 Å². The molecular formula is C10H20N4O. The number of anilines is 1. The monoisotopic (exact) mass is 212 g/mol. The van der Waals surface area contributed by atoms with Crippen molar-refractivity contribution < 1.29 is 4.52 Å². The van der Waals surface area contributed by atoms with Gasteiger partial charge in [0.1, 0.15) is 0 Å². The van der Waals surface area contributed by atoms with Crippen LogP contribution in [0.2, 0.25) is 0 Å². The maximum Gasteiger partial charge on any atom is 0.266 e. The minimum absolute atomic E-state index is 0.182. The maximum absolute atomic E-state index is 5.62. The third kappa shape index (κ3) is 2.68. The van der Waals surface area contributed by atoms with Crippen molar-refractivity contribution in [3.8, 4) is 0 Å². The molecule has 1 heterocycles. The fourth-order valence-corrected chi connectivity index (χ4v) is 1.47. The number of rotatable bonds is 6. The molecule has 0 amide bonds. The average Bonchev–Trinajstić information content (AvgIpc) is 2.71. The molecule has 15 heavy (non-hydrogen) atoms. The van der Waals surface area contributed by atoms with Gasteiger partial charge in [-0.2, -0.15) is 4.98 Å². The molecular weight excluding hydrogens is 192 g/mol. The highest BCUT2D eigenvalue weighted by atomic mass is 16.5. The van der Waals surface area contributed by atoms with Crippen LogP contribution in [-0.2, 0) is 0 Å². The second kappa shape index (κ2) is 5.70. The lowest BCUT2D eigenvalue weighted by Crippen LogP contribution is -2.23. The van der Waals surface area contributed by atoms with Gasteiger partial charge >= 0.3 is 0 Å². The minimum Gasteiger partial charge on any atom is -0.339 e. The van der Waals surface area contributed by atoms with E-state index in [-0.39, 0.29) is 5.92 Å². The summed E-state index contributed by atoms with van der Waals surface area (Å²) in [5, 5.41) is 3.96. The number of nitrogens with zero attached hydrogens (tertiary/aromatic N) is 3. The molecule has 0 aromatic carbocycles. The Kier molecular flexibility index (Phi) is 4.55. The molecule has 0 radical (unpaired) electrons. The highest BCUT2D eigenvalue weighted by Crippen LogP contribution is 2.18. The molecule has 1 atom stereocenters. The lowest BCUT2D eigenvalue weighted by molar-refractivity contribution is 0.351. The Morgan fingerprint density at radius 3 is 2.47 bits per heavy atom. The first-order valence-corrected chi connectivity index (χ1v) is 5.55. The summed E-state index contributed by atoms with van der Waals surface area (Å²) in [6.45, 7) is 8.53. The summed E-state index contributed by atoms with van der Waals surface area (Å²) in [5.74, 6) is 1.51. The molecule has 0 aliphatic heterocycles. The van der Waals surface area contributed by atoms with Crippen LogP contribution in [0.3, 0.4) is 0 Å². The van der Waals surface area contributed by atoms with E-state index in [1.54, 1.807) is 0 Å². The molecule has 0 spiro atoms. The van der Waals surface area contributed by atoms with Gasteiger partial charge in [0, 0.05) is 19.6 Å². The van der Waals surface area contributed by atoms with Crippen molar-refractivity contribution in [3.63, 3.8) is 0 Å². The quantitative estimate of drug-likeness (QED) is 0.771. The van der Waals surface area contributed by atoms with Crippen molar-refractivity contribution in [2.24, 2.45) is 5.73 Å². The van der Waals surface area contributed by atoms with Crippen LogP contribution in [0.15, 0.2) is 4.52 Å². The van der Waals surface area contributed by atoms with E-state index in [9.17, 15) is 0 Å². The zero-order valence-corrected chi connectivity index (χ0v) is 9.73. The summed E-state index contributed by atoms with van der Waals surface area (Å²) in [6, 6.07) is 0. The first kappa shape index (κ1) is 12.0. The number of nitrogens with two attached hydrogens (primary N) is 1. The Hall–Kier alpha value is -1.10. The van der Waals surface area contributed by atoms with Crippen LogP contribution in [0.5, 0.6) is 0 Å². The first-order chi connectivity index (χ1) is 7.26. The molecule has 2 N–H and O–H groups in total. The van der Waals surface area contributed by atoms with Gasteiger partial charge < -0.3 is 15.2 Å². The highest BCUT2D eigenvalue weighted by Gasteiger charge is 2.17. The largest absolute Gasteiger partial charge is 0.339 e. The standard InChI is InChI=1S/C10H20N4O/c1-4-8(7-11)9-12-10(13-15-9)14(5-2)6-3/h8H,4-7,11H2,1-3H3. The topological polar surface area (TPSA) is 68.2 Å². The van der Waals surface area contributed by atoms with Crippen molar-refractivity contribution in [3.05, 3.63) is 5.89 Å². The molecule has 0 saturated carbocycles. The van der Waals surface area contributed by atoms with E-state index in [0.717, 1.165) is 19.5 Å². The summed E-state index contributed by atoms with van der Waals surface area (Å²) in [4.78, 5) is 6.41. The van der Waals surface area contributed by atoms with Gasteiger partial charge in [-0.3, -0.25) is 0 Å². The van der Waals surface area contributed by atoms with Gasteiger partial charge in [-0.1, -0.05) is 6.92 Å². The van der Waals surface area contributed by atoms with Crippen molar-refractivity contribution in [1.29, 1.82) is 0 Å². The van der Waals surface area contributed by atoms with Gasteiger partial charge in [-0.05, 0) is 25.4 Å². The first-order valence-electron chi connectivity index (χ1n) is 5.55. The lowest BCUT2D eigenvalue weighted by Gasteiger charge is -2.14. The molecule has 5 nitrogen and oxygen atoms in total. The summed E-state index contributed by atoms with van der Waals surface area (Å²) < 4.78 is 5.21. The third-order valence-corrected chi connectivity index (χ3v) is 2.60. The maximum atomic E-state index is 5.62. The van der Waals surface area contributed by atoms with Crippen LogP contribution in [0.1, 0.15) is 39.0 Å².